The predicted molar refractivity (Wildman–Crippen MR) is 106 cm³/mol. The normalized spacial score (nSPS) is 11.4. The molecule has 0 atom stereocenters. The maximum atomic E-state index is 12.7. The fraction of sp³-hybridized carbons (Fsp3) is 0.150. The molecular formula is C20H15F3N6O3. The van der Waals surface area contributed by atoms with Crippen molar-refractivity contribution in [2.24, 2.45) is 0 Å². The van der Waals surface area contributed by atoms with Crippen LogP contribution >= 0.6 is 0 Å². The summed E-state index contributed by atoms with van der Waals surface area (Å²) in [6.45, 7) is 2.24. The molecule has 0 aliphatic heterocycles. The van der Waals surface area contributed by atoms with Gasteiger partial charge in [0.05, 0.1) is 18.5 Å². The van der Waals surface area contributed by atoms with Gasteiger partial charge in [-0.2, -0.15) is 5.10 Å². The van der Waals surface area contributed by atoms with Gasteiger partial charge in [0.15, 0.2) is 17.2 Å². The third-order valence-corrected chi connectivity index (χ3v) is 4.13. The second kappa shape index (κ2) is 8.49. The molecule has 12 heteroatoms. The third-order valence-electron chi connectivity index (χ3n) is 4.13. The van der Waals surface area contributed by atoms with Crippen LogP contribution < -0.4 is 14.8 Å². The van der Waals surface area contributed by atoms with Gasteiger partial charge in [0.25, 0.3) is 5.91 Å². The molecule has 0 aliphatic carbocycles. The van der Waals surface area contributed by atoms with Crippen LogP contribution in [0, 0.1) is 0 Å². The minimum atomic E-state index is -4.81. The Kier molecular flexibility index (Phi) is 5.58. The van der Waals surface area contributed by atoms with Crippen molar-refractivity contribution in [1.82, 2.24) is 24.8 Å². The Labute approximate surface area is 178 Å². The van der Waals surface area contributed by atoms with E-state index in [1.807, 2.05) is 6.92 Å². The number of rotatable bonds is 6. The summed E-state index contributed by atoms with van der Waals surface area (Å²) < 4.78 is 48.0. The number of benzene rings is 1. The molecule has 0 saturated heterocycles. The van der Waals surface area contributed by atoms with E-state index in [4.69, 9.17) is 4.74 Å². The molecule has 1 N–H and O–H groups in total. The van der Waals surface area contributed by atoms with Gasteiger partial charge in [-0.1, -0.05) is 12.1 Å². The molecule has 0 saturated carbocycles. The molecule has 0 bridgehead atoms. The van der Waals surface area contributed by atoms with Gasteiger partial charge < -0.3 is 14.8 Å². The molecule has 32 heavy (non-hydrogen) atoms. The molecule has 164 valence electrons. The minimum absolute atomic E-state index is 0.0974. The first-order valence-electron chi connectivity index (χ1n) is 9.31. The summed E-state index contributed by atoms with van der Waals surface area (Å²) in [6.07, 6.45) is -3.48. The molecule has 0 spiro atoms. The van der Waals surface area contributed by atoms with Gasteiger partial charge in [0, 0.05) is 11.6 Å². The average Bonchev–Trinajstić information content (AvgIpc) is 3.18. The Morgan fingerprint density at radius 3 is 2.69 bits per heavy atom. The highest BCUT2D eigenvalue weighted by atomic mass is 19.4. The topological polar surface area (TPSA) is 104 Å². The van der Waals surface area contributed by atoms with Crippen LogP contribution in [0.4, 0.5) is 19.0 Å². The highest BCUT2D eigenvalue weighted by molar-refractivity contribution is 6.02. The van der Waals surface area contributed by atoms with E-state index in [2.05, 4.69) is 30.3 Å². The van der Waals surface area contributed by atoms with Crippen molar-refractivity contribution in [3.8, 4) is 22.9 Å². The van der Waals surface area contributed by atoms with Crippen molar-refractivity contribution in [1.29, 1.82) is 0 Å². The molecule has 4 aromatic rings. The third kappa shape index (κ3) is 4.74. The molecule has 0 radical (unpaired) electrons. The van der Waals surface area contributed by atoms with Crippen molar-refractivity contribution in [2.45, 2.75) is 13.3 Å². The Hall–Kier alpha value is -4.22. The van der Waals surface area contributed by atoms with Crippen molar-refractivity contribution in [2.75, 3.05) is 11.9 Å². The van der Waals surface area contributed by atoms with E-state index >= 15 is 0 Å². The molecule has 9 nitrogen and oxygen atoms in total. The first-order valence-corrected chi connectivity index (χ1v) is 9.31. The second-order valence-electron chi connectivity index (χ2n) is 6.35. The Bertz CT molecular complexity index is 1260. The lowest BCUT2D eigenvalue weighted by molar-refractivity contribution is -0.274. The first-order chi connectivity index (χ1) is 15.3. The first kappa shape index (κ1) is 21.0. The zero-order chi connectivity index (χ0) is 22.7. The van der Waals surface area contributed by atoms with Gasteiger partial charge in [-0.25, -0.2) is 9.50 Å². The number of alkyl halides is 3. The summed E-state index contributed by atoms with van der Waals surface area (Å²) in [5, 5.41) is 14.6. The molecule has 0 fully saturated rings. The number of hydrogen-bond acceptors (Lipinski definition) is 7. The van der Waals surface area contributed by atoms with Crippen molar-refractivity contribution >= 4 is 17.4 Å². The highest BCUT2D eigenvalue weighted by Crippen LogP contribution is 2.27. The van der Waals surface area contributed by atoms with E-state index in [0.717, 1.165) is 0 Å². The van der Waals surface area contributed by atoms with Gasteiger partial charge in [-0.05, 0) is 37.3 Å². The van der Waals surface area contributed by atoms with E-state index in [0.29, 0.717) is 29.4 Å². The van der Waals surface area contributed by atoms with E-state index in [9.17, 15) is 18.0 Å². The Morgan fingerprint density at radius 1 is 1.12 bits per heavy atom. The summed E-state index contributed by atoms with van der Waals surface area (Å²) in [5.74, 6) is -0.408. The lowest BCUT2D eigenvalue weighted by atomic mass is 10.1. The second-order valence-corrected chi connectivity index (χ2v) is 6.35. The molecule has 1 aromatic carbocycles. The van der Waals surface area contributed by atoms with Gasteiger partial charge in [0.1, 0.15) is 5.75 Å². The monoisotopic (exact) mass is 444 g/mol. The number of anilines is 1. The van der Waals surface area contributed by atoms with Gasteiger partial charge >= 0.3 is 6.36 Å². The largest absolute Gasteiger partial charge is 0.573 e. The van der Waals surface area contributed by atoms with Crippen LogP contribution in [-0.2, 0) is 0 Å². The number of carbonyl (C=O) groups is 1. The van der Waals surface area contributed by atoms with E-state index in [1.54, 1.807) is 24.3 Å². The van der Waals surface area contributed by atoms with Crippen LogP contribution in [0.5, 0.6) is 11.6 Å². The summed E-state index contributed by atoms with van der Waals surface area (Å²) in [7, 11) is 0. The summed E-state index contributed by atoms with van der Waals surface area (Å²) in [6, 6.07) is 11.6. The number of aromatic nitrogens is 5. The lowest BCUT2D eigenvalue weighted by Crippen LogP contribution is -2.17. The van der Waals surface area contributed by atoms with Crippen molar-refractivity contribution in [3.63, 3.8) is 0 Å². The summed E-state index contributed by atoms with van der Waals surface area (Å²) in [5.41, 5.74) is 1.16. The Morgan fingerprint density at radius 2 is 1.97 bits per heavy atom. The number of amides is 1. The quantitative estimate of drug-likeness (QED) is 0.483. The molecule has 0 aliphatic rings. The predicted octanol–water partition coefficient (Wildman–Crippen LogP) is 3.74. The average molecular weight is 444 g/mol. The summed E-state index contributed by atoms with van der Waals surface area (Å²) in [4.78, 5) is 16.8. The molecule has 4 rings (SSSR count). The molecule has 3 heterocycles. The maximum absolute atomic E-state index is 12.7. The van der Waals surface area contributed by atoms with E-state index < -0.39 is 12.3 Å². The van der Waals surface area contributed by atoms with E-state index in [1.165, 1.54) is 35.0 Å². The number of nitrogens with zero attached hydrogens (tertiary/aromatic N) is 5. The van der Waals surface area contributed by atoms with Crippen LogP contribution in [0.2, 0.25) is 0 Å². The van der Waals surface area contributed by atoms with Crippen LogP contribution in [0.1, 0.15) is 17.4 Å². The van der Waals surface area contributed by atoms with Crippen molar-refractivity contribution < 1.29 is 27.4 Å². The zero-order valence-corrected chi connectivity index (χ0v) is 16.5. The van der Waals surface area contributed by atoms with Crippen LogP contribution in [0.3, 0.4) is 0 Å². The molecular weight excluding hydrogens is 429 g/mol. The minimum Gasteiger partial charge on any atom is -0.477 e. The molecule has 0 unspecified atom stereocenters. The number of ether oxygens (including phenoxy) is 2. The Balaban J connectivity index is 1.60. The van der Waals surface area contributed by atoms with Gasteiger partial charge in [-0.15, -0.1) is 23.4 Å². The van der Waals surface area contributed by atoms with E-state index in [-0.39, 0.29) is 17.3 Å². The van der Waals surface area contributed by atoms with Crippen LogP contribution in [0.25, 0.3) is 16.9 Å². The number of hydrogen-bond donors (Lipinski definition) is 1. The highest BCUT2D eigenvalue weighted by Gasteiger charge is 2.31. The number of carbonyl (C=O) groups excluding carboxylic acids is 1. The SMILES string of the molecule is CCOc1ccc(NC(=O)c2cnc3ccc(-c4cccc(OC(F)(F)F)c4)nn23)nn1. The van der Waals surface area contributed by atoms with Crippen LogP contribution in [0.15, 0.2) is 54.7 Å². The summed E-state index contributed by atoms with van der Waals surface area (Å²) >= 11 is 0. The van der Waals surface area contributed by atoms with Crippen molar-refractivity contribution in [3.05, 3.63) is 60.4 Å². The van der Waals surface area contributed by atoms with Gasteiger partial charge in [0.2, 0.25) is 5.88 Å². The standard InChI is InChI=1S/C20H15F3N6O3/c1-2-31-18-9-7-16(26-27-18)25-19(30)15-11-24-17-8-6-14(28-29(15)17)12-4-3-5-13(10-12)32-20(21,22)23/h3-11H,2H2,1H3,(H,25,26,30). The number of imidazole rings is 1. The number of halogens is 3. The van der Waals surface area contributed by atoms with Crippen LogP contribution in [-0.4, -0.2) is 43.7 Å². The molecule has 1 amide bonds. The fourth-order valence-corrected chi connectivity index (χ4v) is 2.83. The maximum Gasteiger partial charge on any atom is 0.573 e. The fourth-order valence-electron chi connectivity index (χ4n) is 2.83. The molecule has 3 aromatic heterocycles. The lowest BCUT2D eigenvalue weighted by Gasteiger charge is -2.10. The smallest absolute Gasteiger partial charge is 0.477 e. The number of fused-ring (bicyclic) bond motifs is 1. The number of nitrogens with one attached hydrogen (secondary N) is 1. The zero-order valence-electron chi connectivity index (χ0n) is 16.5. The van der Waals surface area contributed by atoms with Gasteiger partial charge in [-0.3, -0.25) is 4.79 Å².